The molecule has 2 aliphatic heterocycles. The van der Waals surface area contributed by atoms with Crippen molar-refractivity contribution in [3.63, 3.8) is 0 Å². The molecule has 2 heterocycles. The van der Waals surface area contributed by atoms with Gasteiger partial charge in [0, 0.05) is 31.0 Å². The van der Waals surface area contributed by atoms with Crippen molar-refractivity contribution < 1.29 is 33.5 Å². The van der Waals surface area contributed by atoms with E-state index in [-0.39, 0.29) is 40.4 Å². The number of nitrogens with one attached hydrogen (secondary N) is 4. The predicted molar refractivity (Wildman–Crippen MR) is 185 cm³/mol. The second-order valence-corrected chi connectivity index (χ2v) is 17.5. The van der Waals surface area contributed by atoms with Crippen LogP contribution in [0.25, 0.3) is 0 Å². The number of hydrogen-bond donors (Lipinski definition) is 4. The molecule has 3 saturated carbocycles. The summed E-state index contributed by atoms with van der Waals surface area (Å²) >= 11 is 3.48. The lowest BCUT2D eigenvalue weighted by molar-refractivity contribution is -0.148. The van der Waals surface area contributed by atoms with E-state index in [1.807, 2.05) is 13.8 Å². The second-order valence-electron chi connectivity index (χ2n) is 14.2. The maximum atomic E-state index is 14.6. The molecule has 5 fully saturated rings. The molecule has 14 heteroatoms. The minimum atomic E-state index is -0.992. The Labute approximate surface area is 291 Å². The Bertz CT molecular complexity index is 1240. The van der Waals surface area contributed by atoms with E-state index in [0.29, 0.717) is 19.4 Å². The van der Waals surface area contributed by atoms with Crippen LogP contribution < -0.4 is 21.3 Å². The zero-order chi connectivity index (χ0) is 34.4. The molecule has 0 aromatic heterocycles. The van der Waals surface area contributed by atoms with E-state index in [4.69, 9.17) is 4.74 Å². The summed E-state index contributed by atoms with van der Waals surface area (Å²) in [5.74, 6) is -1.05. The monoisotopic (exact) mass is 705 g/mol. The average Bonchev–Trinajstić information content (AvgIpc) is 4.00. The fourth-order valence-electron chi connectivity index (χ4n) is 6.88. The number of carbonyl (C=O) groups is 6. The van der Waals surface area contributed by atoms with Crippen LogP contribution in [0.2, 0.25) is 0 Å². The van der Waals surface area contributed by atoms with Gasteiger partial charge in [-0.15, -0.1) is 30.1 Å². The molecule has 5 aliphatic rings. The zero-order valence-electron chi connectivity index (χ0n) is 28.1. The molecular formula is C34H51N5O7S2. The summed E-state index contributed by atoms with van der Waals surface area (Å²) in [4.78, 5) is 82.4. The number of amides is 5. The topological polar surface area (TPSA) is 163 Å². The van der Waals surface area contributed by atoms with Crippen molar-refractivity contribution in [2.24, 2.45) is 17.8 Å². The normalized spacial score (nSPS) is 24.0. The summed E-state index contributed by atoms with van der Waals surface area (Å²) in [6, 6.07) is -4.24. The van der Waals surface area contributed by atoms with Gasteiger partial charge < -0.3 is 30.9 Å². The maximum Gasteiger partial charge on any atom is 0.329 e. The van der Waals surface area contributed by atoms with E-state index < -0.39 is 53.8 Å². The molecule has 0 radical (unpaired) electrons. The molecular weight excluding hydrogens is 655 g/mol. The number of hydrogen-bond acceptors (Lipinski definition) is 9. The zero-order valence-corrected chi connectivity index (χ0v) is 29.8. The molecule has 266 valence electrons. The van der Waals surface area contributed by atoms with Gasteiger partial charge in [-0.3, -0.25) is 19.2 Å². The van der Waals surface area contributed by atoms with Crippen LogP contribution in [0.3, 0.4) is 0 Å². The second kappa shape index (κ2) is 16.3. The van der Waals surface area contributed by atoms with Crippen molar-refractivity contribution in [2.45, 2.75) is 119 Å². The molecule has 48 heavy (non-hydrogen) atoms. The van der Waals surface area contributed by atoms with Gasteiger partial charge >= 0.3 is 12.0 Å². The van der Waals surface area contributed by atoms with Crippen LogP contribution in [-0.4, -0.2) is 99.4 Å². The highest BCUT2D eigenvalue weighted by atomic mass is 32.2. The number of esters is 1. The molecule has 4 atom stereocenters. The Hall–Kier alpha value is -2.74. The van der Waals surface area contributed by atoms with Crippen molar-refractivity contribution in [1.82, 2.24) is 26.2 Å². The van der Waals surface area contributed by atoms with Gasteiger partial charge in [0.2, 0.25) is 17.6 Å². The van der Waals surface area contributed by atoms with Gasteiger partial charge in [-0.05, 0) is 49.9 Å². The molecule has 0 bridgehead atoms. The fraction of sp³-hybridized carbons (Fsp3) is 0.765. The van der Waals surface area contributed by atoms with Crippen LogP contribution in [0, 0.1) is 17.8 Å². The van der Waals surface area contributed by atoms with Crippen molar-refractivity contribution in [1.29, 1.82) is 0 Å². The van der Waals surface area contributed by atoms with Gasteiger partial charge in [0.05, 0.1) is 10.1 Å². The number of thioether (sulfide) groups is 2. The summed E-state index contributed by atoms with van der Waals surface area (Å²) in [6.07, 6.45) is 10.1. The van der Waals surface area contributed by atoms with Crippen LogP contribution >= 0.6 is 23.5 Å². The minimum absolute atomic E-state index is 0.0993. The molecule has 4 N–H and O–H groups in total. The first-order valence-electron chi connectivity index (χ1n) is 17.6. The lowest BCUT2D eigenvalue weighted by Gasteiger charge is -2.35. The molecule has 3 aliphatic carbocycles. The van der Waals surface area contributed by atoms with E-state index in [9.17, 15) is 28.8 Å². The highest BCUT2D eigenvalue weighted by Crippen LogP contribution is 2.52. The Morgan fingerprint density at radius 2 is 1.62 bits per heavy atom. The first-order chi connectivity index (χ1) is 23.0. The van der Waals surface area contributed by atoms with Gasteiger partial charge in [-0.1, -0.05) is 52.0 Å². The molecule has 1 unspecified atom stereocenters. The maximum absolute atomic E-state index is 14.6. The molecule has 5 amide bonds. The Balaban J connectivity index is 1.34. The van der Waals surface area contributed by atoms with E-state index in [2.05, 4.69) is 27.8 Å². The molecule has 12 nitrogen and oxygen atoms in total. The summed E-state index contributed by atoms with van der Waals surface area (Å²) in [6.45, 7) is 7.70. The van der Waals surface area contributed by atoms with E-state index in [0.717, 1.165) is 69.3 Å². The predicted octanol–water partition coefficient (Wildman–Crippen LogP) is 2.90. The van der Waals surface area contributed by atoms with Gasteiger partial charge in [-0.2, -0.15) is 0 Å². The smallest absolute Gasteiger partial charge is 0.329 e. The van der Waals surface area contributed by atoms with Crippen LogP contribution in [-0.2, 0) is 28.7 Å². The summed E-state index contributed by atoms with van der Waals surface area (Å²) in [5, 5.41) is 11.1. The largest absolute Gasteiger partial charge is 0.461 e. The molecule has 1 spiro atoms. The number of ether oxygens (including phenoxy) is 1. The molecule has 0 aromatic carbocycles. The fourth-order valence-corrected chi connectivity index (χ4v) is 10.1. The highest BCUT2D eigenvalue weighted by molar-refractivity contribution is 8.21. The van der Waals surface area contributed by atoms with Crippen molar-refractivity contribution in [2.75, 3.05) is 24.6 Å². The summed E-state index contributed by atoms with van der Waals surface area (Å²) in [7, 11) is 0. The lowest BCUT2D eigenvalue weighted by atomic mass is 9.83. The van der Waals surface area contributed by atoms with Gasteiger partial charge in [0.25, 0.3) is 5.91 Å². The Morgan fingerprint density at radius 3 is 2.23 bits per heavy atom. The first kappa shape index (κ1) is 36.5. The highest BCUT2D eigenvalue weighted by Gasteiger charge is 2.53. The number of carbonyl (C=O) groups excluding carboxylic acids is 6. The lowest BCUT2D eigenvalue weighted by Crippen LogP contribution is -2.60. The molecule has 5 rings (SSSR count). The Kier molecular flexibility index (Phi) is 12.4. The van der Waals surface area contributed by atoms with Crippen molar-refractivity contribution in [3.05, 3.63) is 12.7 Å². The third-order valence-corrected chi connectivity index (χ3v) is 13.3. The van der Waals surface area contributed by atoms with E-state index >= 15 is 0 Å². The van der Waals surface area contributed by atoms with Crippen molar-refractivity contribution in [3.8, 4) is 0 Å². The summed E-state index contributed by atoms with van der Waals surface area (Å²) in [5.41, 5.74) is 0. The summed E-state index contributed by atoms with van der Waals surface area (Å²) < 4.78 is 5.11. The van der Waals surface area contributed by atoms with E-state index in [1.165, 1.54) is 6.08 Å². The van der Waals surface area contributed by atoms with E-state index in [1.54, 1.807) is 28.4 Å². The average molecular weight is 706 g/mol. The van der Waals surface area contributed by atoms with Crippen LogP contribution in [0.1, 0.15) is 84.5 Å². The number of Topliss-reactive ketones (excluding diaryl/α,β-unsaturated/α-hetero) is 1. The van der Waals surface area contributed by atoms with Crippen molar-refractivity contribution >= 4 is 59.0 Å². The van der Waals surface area contributed by atoms with Gasteiger partial charge in [-0.25, -0.2) is 9.59 Å². The van der Waals surface area contributed by atoms with Crippen LogP contribution in [0.5, 0.6) is 0 Å². The van der Waals surface area contributed by atoms with Crippen LogP contribution in [0.4, 0.5) is 4.79 Å². The first-order valence-corrected chi connectivity index (χ1v) is 19.6. The third kappa shape index (κ3) is 9.48. The molecule has 2 saturated heterocycles. The van der Waals surface area contributed by atoms with Crippen LogP contribution in [0.15, 0.2) is 12.7 Å². The third-order valence-electron chi connectivity index (χ3n) is 9.91. The van der Waals surface area contributed by atoms with Gasteiger partial charge in [0.15, 0.2) is 0 Å². The number of urea groups is 1. The SMILES string of the molecule is C=CCNC(=O)C(=O)C(CC1CC1)NC(=O)[C@@H]1CC2(CN1C(=O)[C@@H](NC(=O)N[C@@H](C(=O)OC1CC1)C(C)C)C1CCCCC1)SCCS2. The number of likely N-dealkylation sites (tertiary alicyclic amines) is 1. The Morgan fingerprint density at radius 1 is 0.938 bits per heavy atom. The quantitative estimate of drug-likeness (QED) is 0.114. The number of nitrogens with zero attached hydrogens (tertiary/aromatic N) is 1. The standard InChI is InChI=1S/C34H51N5O7S2/c1-4-14-35-30(42)28(40)24(17-21-10-11-21)36-29(41)25-18-34(47-15-16-48-34)19-39(25)31(43)27(22-8-6-5-7-9-22)38-33(45)37-26(20(2)3)32(44)46-23-12-13-23/h4,20-27H,1,5-19H2,2-3H3,(H,35,42)(H,36,41)(H2,37,38,45)/t24?,25-,26+,27-/m0/s1. The van der Waals surface area contributed by atoms with Gasteiger partial charge in [0.1, 0.15) is 24.2 Å². The molecule has 0 aromatic rings. The number of ketones is 1. The number of rotatable bonds is 15. The minimum Gasteiger partial charge on any atom is -0.461 e.